The van der Waals surface area contributed by atoms with E-state index in [4.69, 9.17) is 11.6 Å². The molecule has 2 aromatic heterocycles. The molecule has 2 rings (SSSR count). The van der Waals surface area contributed by atoms with Crippen LogP contribution in [0, 0.1) is 0 Å². The summed E-state index contributed by atoms with van der Waals surface area (Å²) >= 11 is 5.89. The Labute approximate surface area is 110 Å². The number of aromatic nitrogens is 3. The molecule has 0 aliphatic rings. The fourth-order valence-electron chi connectivity index (χ4n) is 1.97. The maximum atomic E-state index is 11.9. The maximum absolute atomic E-state index is 11.9. The van der Waals surface area contributed by atoms with Gasteiger partial charge in [-0.3, -0.25) is 9.78 Å². The molecule has 96 valence electrons. The lowest BCUT2D eigenvalue weighted by atomic mass is 10.3. The summed E-state index contributed by atoms with van der Waals surface area (Å²) in [6.45, 7) is 4.33. The first-order valence-corrected chi connectivity index (χ1v) is 6.37. The number of imidazole rings is 1. The predicted octanol–water partition coefficient (Wildman–Crippen LogP) is 1.87. The molecule has 6 heteroatoms. The van der Waals surface area contributed by atoms with Crippen LogP contribution < -0.4 is 5.32 Å². The van der Waals surface area contributed by atoms with Crippen molar-refractivity contribution in [3.8, 4) is 0 Å². The van der Waals surface area contributed by atoms with Crippen molar-refractivity contribution in [3.05, 3.63) is 24.3 Å². The number of carbonyl (C=O) groups excluding carboxylic acids is 1. The van der Waals surface area contributed by atoms with E-state index in [1.54, 1.807) is 12.4 Å². The molecule has 0 aliphatic carbocycles. The predicted molar refractivity (Wildman–Crippen MR) is 70.5 cm³/mol. The van der Waals surface area contributed by atoms with Gasteiger partial charge in [0, 0.05) is 12.7 Å². The van der Waals surface area contributed by atoms with Crippen LogP contribution >= 0.6 is 11.6 Å². The van der Waals surface area contributed by atoms with E-state index in [-0.39, 0.29) is 17.8 Å². The van der Waals surface area contributed by atoms with Crippen LogP contribution in [0.5, 0.6) is 0 Å². The zero-order chi connectivity index (χ0) is 13.1. The Morgan fingerprint density at radius 3 is 3.06 bits per heavy atom. The first-order valence-electron chi connectivity index (χ1n) is 5.83. The highest BCUT2D eigenvalue weighted by Crippen LogP contribution is 2.21. The second kappa shape index (κ2) is 5.35. The lowest BCUT2D eigenvalue weighted by molar-refractivity contribution is -0.123. The molecule has 0 saturated heterocycles. The summed E-state index contributed by atoms with van der Waals surface area (Å²) in [6, 6.07) is 1.50. The molecule has 5 nitrogen and oxygen atoms in total. The van der Waals surface area contributed by atoms with Crippen LogP contribution in [-0.4, -0.2) is 27.0 Å². The van der Waals surface area contributed by atoms with Gasteiger partial charge in [-0.15, -0.1) is 11.6 Å². The van der Waals surface area contributed by atoms with Crippen LogP contribution in [0.15, 0.2) is 18.5 Å². The van der Waals surface area contributed by atoms with Gasteiger partial charge in [0.2, 0.25) is 5.91 Å². The van der Waals surface area contributed by atoms with Crippen LogP contribution in [0.25, 0.3) is 11.0 Å². The van der Waals surface area contributed by atoms with E-state index in [2.05, 4.69) is 15.3 Å². The summed E-state index contributed by atoms with van der Waals surface area (Å²) in [7, 11) is 0. The van der Waals surface area contributed by atoms with Crippen LogP contribution in [0.2, 0.25) is 0 Å². The molecule has 1 atom stereocenters. The van der Waals surface area contributed by atoms with Gasteiger partial charge in [-0.1, -0.05) is 0 Å². The highest BCUT2D eigenvalue weighted by atomic mass is 35.5. The van der Waals surface area contributed by atoms with Gasteiger partial charge < -0.3 is 9.88 Å². The number of hydrogen-bond acceptors (Lipinski definition) is 3. The Kier molecular flexibility index (Phi) is 3.81. The zero-order valence-electron chi connectivity index (χ0n) is 10.4. The topological polar surface area (TPSA) is 59.8 Å². The van der Waals surface area contributed by atoms with Crippen LogP contribution in [0.3, 0.4) is 0 Å². The van der Waals surface area contributed by atoms with Crippen molar-refractivity contribution in [1.29, 1.82) is 0 Å². The van der Waals surface area contributed by atoms with E-state index in [0.29, 0.717) is 12.4 Å². The number of nitrogens with one attached hydrogen (secondary N) is 1. The van der Waals surface area contributed by atoms with E-state index < -0.39 is 0 Å². The standard InChI is InChI=1S/C12H15ClN4O/c1-3-15-12(18)8(2)17-10-4-5-14-7-9(10)16-11(17)6-13/h4-5,7-8H,3,6H2,1-2H3,(H,15,18). The third kappa shape index (κ3) is 2.18. The second-order valence-electron chi connectivity index (χ2n) is 3.97. The number of hydrogen-bond donors (Lipinski definition) is 1. The van der Waals surface area contributed by atoms with Gasteiger partial charge in [0.05, 0.1) is 17.6 Å². The first-order chi connectivity index (χ1) is 8.69. The quantitative estimate of drug-likeness (QED) is 0.860. The molecule has 0 aromatic carbocycles. The molecular weight excluding hydrogens is 252 g/mol. The molecular formula is C12H15ClN4O. The molecule has 0 radical (unpaired) electrons. The Hall–Kier alpha value is -1.62. The molecule has 2 heterocycles. The van der Waals surface area contributed by atoms with E-state index in [0.717, 1.165) is 11.0 Å². The minimum atomic E-state index is -0.342. The van der Waals surface area contributed by atoms with Crippen molar-refractivity contribution >= 4 is 28.5 Å². The van der Waals surface area contributed by atoms with Crippen molar-refractivity contribution in [2.75, 3.05) is 6.54 Å². The number of pyridine rings is 1. The van der Waals surface area contributed by atoms with Gasteiger partial charge in [0.25, 0.3) is 0 Å². The summed E-state index contributed by atoms with van der Waals surface area (Å²) in [4.78, 5) is 20.3. The van der Waals surface area contributed by atoms with Gasteiger partial charge in [0.15, 0.2) is 0 Å². The molecule has 0 saturated carbocycles. The van der Waals surface area contributed by atoms with Crippen LogP contribution in [0.4, 0.5) is 0 Å². The number of nitrogens with zero attached hydrogens (tertiary/aromatic N) is 3. The average molecular weight is 267 g/mol. The van der Waals surface area contributed by atoms with Crippen molar-refractivity contribution in [1.82, 2.24) is 19.9 Å². The molecule has 0 fully saturated rings. The van der Waals surface area contributed by atoms with Gasteiger partial charge in [-0.05, 0) is 19.9 Å². The summed E-state index contributed by atoms with van der Waals surface area (Å²) in [6.07, 6.45) is 3.36. The van der Waals surface area contributed by atoms with Gasteiger partial charge in [-0.25, -0.2) is 4.98 Å². The summed E-state index contributed by atoms with van der Waals surface area (Å²) < 4.78 is 1.86. The molecule has 0 spiro atoms. The molecule has 0 aliphatic heterocycles. The van der Waals surface area contributed by atoms with Gasteiger partial charge >= 0.3 is 0 Å². The minimum Gasteiger partial charge on any atom is -0.355 e. The third-order valence-electron chi connectivity index (χ3n) is 2.80. The van der Waals surface area contributed by atoms with E-state index in [1.165, 1.54) is 0 Å². The monoisotopic (exact) mass is 266 g/mol. The average Bonchev–Trinajstić information content (AvgIpc) is 2.76. The smallest absolute Gasteiger partial charge is 0.242 e. The highest BCUT2D eigenvalue weighted by molar-refractivity contribution is 6.16. The van der Waals surface area contributed by atoms with Crippen molar-refractivity contribution in [2.45, 2.75) is 25.8 Å². The Morgan fingerprint density at radius 1 is 1.61 bits per heavy atom. The van der Waals surface area contributed by atoms with Crippen LogP contribution in [0.1, 0.15) is 25.7 Å². The Morgan fingerprint density at radius 2 is 2.39 bits per heavy atom. The summed E-state index contributed by atoms with van der Waals surface area (Å²) in [5.41, 5.74) is 1.63. The fourth-order valence-corrected chi connectivity index (χ4v) is 2.15. The second-order valence-corrected chi connectivity index (χ2v) is 4.23. The molecule has 2 aromatic rings. The van der Waals surface area contributed by atoms with E-state index in [1.807, 2.05) is 24.5 Å². The summed E-state index contributed by atoms with van der Waals surface area (Å²) in [5.74, 6) is 0.900. The van der Waals surface area contributed by atoms with Gasteiger partial charge in [-0.2, -0.15) is 0 Å². The van der Waals surface area contributed by atoms with Crippen molar-refractivity contribution in [3.63, 3.8) is 0 Å². The lowest BCUT2D eigenvalue weighted by Crippen LogP contribution is -2.31. The normalized spacial score (nSPS) is 12.6. The fraction of sp³-hybridized carbons (Fsp3) is 0.417. The number of likely N-dealkylation sites (N-methyl/N-ethyl adjacent to an activating group) is 1. The largest absolute Gasteiger partial charge is 0.355 e. The van der Waals surface area contributed by atoms with E-state index >= 15 is 0 Å². The van der Waals surface area contributed by atoms with Crippen LogP contribution in [-0.2, 0) is 10.7 Å². The maximum Gasteiger partial charge on any atom is 0.242 e. The SMILES string of the molecule is CCNC(=O)C(C)n1c(CCl)nc2cnccc21. The number of amides is 1. The molecule has 1 unspecified atom stereocenters. The Bertz CT molecular complexity index is 566. The molecule has 1 N–H and O–H groups in total. The number of alkyl halides is 1. The first kappa shape index (κ1) is 12.8. The van der Waals surface area contributed by atoms with E-state index in [9.17, 15) is 4.79 Å². The summed E-state index contributed by atoms with van der Waals surface area (Å²) in [5, 5.41) is 2.80. The lowest BCUT2D eigenvalue weighted by Gasteiger charge is -2.16. The van der Waals surface area contributed by atoms with Gasteiger partial charge in [0.1, 0.15) is 17.4 Å². The highest BCUT2D eigenvalue weighted by Gasteiger charge is 2.20. The van der Waals surface area contributed by atoms with Crippen molar-refractivity contribution < 1.29 is 4.79 Å². The minimum absolute atomic E-state index is 0.0417. The molecule has 1 amide bonds. The Balaban J connectivity index is 2.50. The number of carbonyl (C=O) groups is 1. The number of fused-ring (bicyclic) bond motifs is 1. The number of halogens is 1. The van der Waals surface area contributed by atoms with Crippen molar-refractivity contribution in [2.24, 2.45) is 0 Å². The zero-order valence-corrected chi connectivity index (χ0v) is 11.1. The number of rotatable bonds is 4. The molecule has 18 heavy (non-hydrogen) atoms. The molecule has 0 bridgehead atoms. The third-order valence-corrected chi connectivity index (χ3v) is 3.04.